The van der Waals surface area contributed by atoms with Crippen molar-refractivity contribution in [2.24, 2.45) is 0 Å². The number of hydrogen-bond acceptors (Lipinski definition) is 9. The van der Waals surface area contributed by atoms with Crippen molar-refractivity contribution >= 4 is 49.1 Å². The zero-order valence-corrected chi connectivity index (χ0v) is 34.9. The molecule has 2 heterocycles. The number of unbranched alkanes of at least 4 members (excludes halogenated alkanes) is 2. The number of benzene rings is 2. The zero-order valence-electron chi connectivity index (χ0n) is 31.3. The second kappa shape index (κ2) is 17.3. The molecule has 1 fully saturated rings. The predicted molar refractivity (Wildman–Crippen MR) is 199 cm³/mol. The first-order chi connectivity index (χ1) is 24.4. The Morgan fingerprint density at radius 2 is 1.57 bits per heavy atom. The van der Waals surface area contributed by atoms with E-state index < -0.39 is 37.2 Å². The van der Waals surface area contributed by atoms with Gasteiger partial charge >= 0.3 is 29.6 Å². The van der Waals surface area contributed by atoms with Crippen molar-refractivity contribution < 1.29 is 69.7 Å². The molecule has 12 nitrogen and oxygen atoms in total. The minimum atomic E-state index is -4.34. The Bertz CT molecular complexity index is 2020. The van der Waals surface area contributed by atoms with E-state index in [0.717, 1.165) is 46.8 Å². The molecule has 53 heavy (non-hydrogen) atoms. The predicted octanol–water partition coefficient (Wildman–Crippen LogP) is 1.35. The fourth-order valence-electron chi connectivity index (χ4n) is 7.19. The van der Waals surface area contributed by atoms with Gasteiger partial charge < -0.3 is 24.6 Å². The Balaban J connectivity index is 0.00000627. The van der Waals surface area contributed by atoms with Crippen molar-refractivity contribution in [1.29, 1.82) is 0 Å². The number of carbonyl (C=O) groups is 2. The number of nitrogens with zero attached hydrogens (tertiary/aromatic N) is 2. The van der Waals surface area contributed by atoms with Gasteiger partial charge in [-0.3, -0.25) is 9.59 Å². The van der Waals surface area contributed by atoms with Crippen molar-refractivity contribution in [3.8, 4) is 0 Å². The van der Waals surface area contributed by atoms with E-state index in [4.69, 9.17) is 0 Å². The second-order valence-corrected chi connectivity index (χ2v) is 17.9. The number of amides is 2. The summed E-state index contributed by atoms with van der Waals surface area (Å²) in [5.74, 6) is -1.22. The maximum absolute atomic E-state index is 13.2. The van der Waals surface area contributed by atoms with Crippen LogP contribution in [-0.4, -0.2) is 85.2 Å². The molecule has 0 atom stereocenters. The summed E-state index contributed by atoms with van der Waals surface area (Å²) >= 11 is 0. The van der Waals surface area contributed by atoms with Crippen LogP contribution in [0.2, 0.25) is 0 Å². The van der Waals surface area contributed by atoms with Crippen LogP contribution in [0.5, 0.6) is 0 Å². The fourth-order valence-corrected chi connectivity index (χ4v) is 8.30. The van der Waals surface area contributed by atoms with Gasteiger partial charge in [-0.05, 0) is 75.8 Å². The summed E-state index contributed by atoms with van der Waals surface area (Å²) in [6, 6.07) is 13.8. The van der Waals surface area contributed by atoms with Crippen LogP contribution in [0, 0.1) is 0 Å². The molecule has 0 saturated heterocycles. The number of hydrogen-bond donors (Lipinski definition) is 2. The van der Waals surface area contributed by atoms with Gasteiger partial charge in [0.2, 0.25) is 11.6 Å². The van der Waals surface area contributed by atoms with Crippen LogP contribution in [0.25, 0.3) is 0 Å². The minimum absolute atomic E-state index is 0. The van der Waals surface area contributed by atoms with E-state index in [-0.39, 0.29) is 78.6 Å². The largest absolute Gasteiger partial charge is 1.00 e. The molecule has 1 saturated carbocycles. The molecule has 15 heteroatoms. The molecule has 5 rings (SSSR count). The van der Waals surface area contributed by atoms with Crippen LogP contribution >= 0.6 is 0 Å². The van der Waals surface area contributed by atoms with Crippen molar-refractivity contribution in [2.75, 3.05) is 36.0 Å². The SMILES string of the molecule is CC1(C)C(/C=C/C=C2/N(CCCCS(=O)(=O)[O-])c3ccc(C(=O)NCCC(=O)NC4CC4)cc3C2(C)C)=[N+](CCCCS(=O)(=O)[O-])c2ccccc21.[Na+]. The van der Waals surface area contributed by atoms with Crippen molar-refractivity contribution in [2.45, 2.75) is 89.5 Å². The molecule has 2 amide bonds. The summed E-state index contributed by atoms with van der Waals surface area (Å²) in [6.07, 6.45) is 9.69. The minimum Gasteiger partial charge on any atom is -0.748 e. The molecule has 0 spiro atoms. The molecule has 2 aromatic rings. The van der Waals surface area contributed by atoms with E-state index in [0.29, 0.717) is 31.5 Å². The monoisotopic (exact) mass is 776 g/mol. The van der Waals surface area contributed by atoms with E-state index >= 15 is 0 Å². The number of rotatable bonds is 17. The van der Waals surface area contributed by atoms with E-state index in [2.05, 4.69) is 59.9 Å². The molecule has 0 radical (unpaired) electrons. The first-order valence-corrected chi connectivity index (χ1v) is 21.0. The number of allylic oxidation sites excluding steroid dienone is 4. The fraction of sp³-hybridized carbons (Fsp3) is 0.500. The van der Waals surface area contributed by atoms with Crippen LogP contribution in [0.1, 0.15) is 94.1 Å². The van der Waals surface area contributed by atoms with Gasteiger partial charge in [-0.25, -0.2) is 16.8 Å². The van der Waals surface area contributed by atoms with Gasteiger partial charge in [0.05, 0.1) is 25.7 Å². The van der Waals surface area contributed by atoms with Crippen LogP contribution in [0.15, 0.2) is 66.4 Å². The average molecular weight is 777 g/mol. The maximum Gasteiger partial charge on any atom is 1.00 e. The van der Waals surface area contributed by atoms with E-state index in [9.17, 15) is 35.5 Å². The molecule has 3 aliphatic rings. The second-order valence-electron chi connectivity index (χ2n) is 14.9. The Labute approximate surface area is 336 Å². The van der Waals surface area contributed by atoms with Gasteiger partial charge in [0.1, 0.15) is 6.54 Å². The standard InChI is InChI=1S/C38H50N4O8S2.Na/c1-37(2)29-12-5-6-13-31(29)41(22-7-9-24-51(45,46)47)33(37)14-11-15-34-38(3,4)30-26-27(36(44)39-21-20-35(43)40-28-17-18-28)16-19-32(30)42(34)23-8-10-25-52(48,49)50;/h5-6,11-16,19,26,28H,7-10,17-18,20-25H2,1-4H3,(H3-,39,40,43,44,45,46,47,48,49,50);/q;+1/p-1. The van der Waals surface area contributed by atoms with Gasteiger partial charge in [-0.2, -0.15) is 4.58 Å². The molecular weight excluding hydrogens is 728 g/mol. The Kier molecular flexibility index (Phi) is 14.0. The molecule has 0 unspecified atom stereocenters. The zero-order chi connectivity index (χ0) is 37.9. The number of para-hydroxylation sites is 1. The first-order valence-electron chi connectivity index (χ1n) is 17.9. The molecule has 282 valence electrons. The molecule has 1 aliphatic carbocycles. The van der Waals surface area contributed by atoms with Gasteiger partial charge in [-0.15, -0.1) is 0 Å². The van der Waals surface area contributed by atoms with E-state index in [1.165, 1.54) is 0 Å². The number of fused-ring (bicyclic) bond motifs is 2. The third-order valence-electron chi connectivity index (χ3n) is 10.1. The molecule has 2 aromatic carbocycles. The third kappa shape index (κ3) is 10.9. The van der Waals surface area contributed by atoms with E-state index in [1.807, 2.05) is 42.5 Å². The van der Waals surface area contributed by atoms with Gasteiger partial charge in [0.25, 0.3) is 5.91 Å². The maximum atomic E-state index is 13.2. The van der Waals surface area contributed by atoms with E-state index in [1.54, 1.807) is 6.07 Å². The number of carbonyl (C=O) groups excluding carboxylic acids is 2. The quantitative estimate of drug-likeness (QED) is 0.104. The van der Waals surface area contributed by atoms with Crippen LogP contribution in [0.4, 0.5) is 11.4 Å². The summed E-state index contributed by atoms with van der Waals surface area (Å²) < 4.78 is 69.8. The summed E-state index contributed by atoms with van der Waals surface area (Å²) in [4.78, 5) is 27.4. The Hall–Kier alpha value is -2.85. The first kappa shape index (κ1) is 42.9. The summed E-state index contributed by atoms with van der Waals surface area (Å²) in [7, 11) is -8.64. The van der Waals surface area contributed by atoms with Crippen LogP contribution in [-0.2, 0) is 35.9 Å². The van der Waals surface area contributed by atoms with Crippen molar-refractivity contribution in [3.05, 3.63) is 83.1 Å². The Morgan fingerprint density at radius 1 is 0.906 bits per heavy atom. The smallest absolute Gasteiger partial charge is 0.748 e. The van der Waals surface area contributed by atoms with Gasteiger partial charge in [-0.1, -0.05) is 38.1 Å². The van der Waals surface area contributed by atoms with Crippen LogP contribution in [0.3, 0.4) is 0 Å². The number of nitrogens with one attached hydrogen (secondary N) is 2. The van der Waals surface area contributed by atoms with Gasteiger partial charge in [0.15, 0.2) is 5.71 Å². The molecular formula is C38H49N4NaO8S2. The third-order valence-corrected chi connectivity index (χ3v) is 11.7. The normalized spacial score (nSPS) is 18.2. The summed E-state index contributed by atoms with van der Waals surface area (Å²) in [5, 5.41) is 5.77. The van der Waals surface area contributed by atoms with Crippen LogP contribution < -0.4 is 45.1 Å². The topological polar surface area (TPSA) is 179 Å². The average Bonchev–Trinajstić information content (AvgIpc) is 3.81. The molecule has 0 bridgehead atoms. The summed E-state index contributed by atoms with van der Waals surface area (Å²) in [5.41, 5.74) is 5.44. The summed E-state index contributed by atoms with van der Waals surface area (Å²) in [6.45, 7) is 9.61. The van der Waals surface area contributed by atoms with Crippen molar-refractivity contribution in [1.82, 2.24) is 10.6 Å². The Morgan fingerprint density at radius 3 is 2.23 bits per heavy atom. The van der Waals surface area contributed by atoms with Gasteiger partial charge in [0, 0.05) is 83.5 Å². The molecule has 2 N–H and O–H groups in total. The molecule has 2 aliphatic heterocycles. The van der Waals surface area contributed by atoms with Crippen molar-refractivity contribution in [3.63, 3.8) is 0 Å². The molecule has 0 aromatic heterocycles. The number of anilines is 1.